The fourth-order valence-corrected chi connectivity index (χ4v) is 6.78. The van der Waals surface area contributed by atoms with Gasteiger partial charge in [0.25, 0.3) is 5.91 Å². The first kappa shape index (κ1) is 27.6. The van der Waals surface area contributed by atoms with Gasteiger partial charge in [0.1, 0.15) is 0 Å². The lowest BCUT2D eigenvalue weighted by molar-refractivity contribution is -0.137. The molecule has 6 nitrogen and oxygen atoms in total. The molecule has 3 aliphatic rings. The topological polar surface area (TPSA) is 70.7 Å². The standard InChI is InChI=1S/C30H36F3N3O3/c1-2-39-26-19-36(23-11-14-29(15-12-23)13-10-20-6-3-4-9-24(20)29)18-25(26)35-27(37)17-34-28(38)21-7-5-8-22(16-21)30(31,32)33/h3-9,16,23,25-26H,2,10-15,17-19H2,1H3,(H,34,38)(H,35,37)/t23?,25-,26+,29?/m0/s1. The fourth-order valence-electron chi connectivity index (χ4n) is 6.78. The zero-order chi connectivity index (χ0) is 27.6. The normalized spacial score (nSPS) is 26.9. The van der Waals surface area contributed by atoms with Gasteiger partial charge in [-0.1, -0.05) is 30.3 Å². The predicted octanol–water partition coefficient (Wildman–Crippen LogP) is 4.47. The van der Waals surface area contributed by atoms with Gasteiger partial charge in [-0.05, 0) is 80.2 Å². The van der Waals surface area contributed by atoms with Gasteiger partial charge in [0.05, 0.1) is 24.3 Å². The van der Waals surface area contributed by atoms with Crippen molar-refractivity contribution in [3.63, 3.8) is 0 Å². The summed E-state index contributed by atoms with van der Waals surface area (Å²) in [6.07, 6.45) is 2.26. The number of carbonyl (C=O) groups is 2. The van der Waals surface area contributed by atoms with Crippen LogP contribution in [0.5, 0.6) is 0 Å². The van der Waals surface area contributed by atoms with E-state index in [9.17, 15) is 22.8 Å². The minimum absolute atomic E-state index is 0.142. The molecule has 2 fully saturated rings. The minimum Gasteiger partial charge on any atom is -0.375 e. The van der Waals surface area contributed by atoms with E-state index in [1.54, 1.807) is 0 Å². The van der Waals surface area contributed by atoms with Crippen LogP contribution in [0, 0.1) is 0 Å². The molecular weight excluding hydrogens is 507 g/mol. The van der Waals surface area contributed by atoms with Crippen molar-refractivity contribution in [2.45, 2.75) is 75.2 Å². The molecule has 0 radical (unpaired) electrons. The van der Waals surface area contributed by atoms with E-state index < -0.39 is 23.6 Å². The van der Waals surface area contributed by atoms with Crippen molar-refractivity contribution in [1.29, 1.82) is 0 Å². The lowest BCUT2D eigenvalue weighted by atomic mass is 9.69. The van der Waals surface area contributed by atoms with E-state index >= 15 is 0 Å². The molecule has 1 heterocycles. The molecule has 39 heavy (non-hydrogen) atoms. The largest absolute Gasteiger partial charge is 0.416 e. The van der Waals surface area contributed by atoms with E-state index in [0.29, 0.717) is 24.6 Å². The summed E-state index contributed by atoms with van der Waals surface area (Å²) >= 11 is 0. The molecule has 0 aromatic heterocycles. The number of alkyl halides is 3. The predicted molar refractivity (Wildman–Crippen MR) is 141 cm³/mol. The molecular formula is C30H36F3N3O3. The number of ether oxygens (including phenoxy) is 1. The van der Waals surface area contributed by atoms with E-state index in [2.05, 4.69) is 39.8 Å². The zero-order valence-corrected chi connectivity index (χ0v) is 22.2. The highest BCUT2D eigenvalue weighted by Crippen LogP contribution is 2.49. The Kier molecular flexibility index (Phi) is 8.01. The third-order valence-electron chi connectivity index (χ3n) is 8.77. The average molecular weight is 544 g/mol. The molecule has 2 atom stereocenters. The first-order valence-electron chi connectivity index (χ1n) is 13.9. The van der Waals surface area contributed by atoms with Crippen LogP contribution in [0.3, 0.4) is 0 Å². The molecule has 0 bridgehead atoms. The SMILES string of the molecule is CCO[C@@H]1CN(C2CCC3(CCc4ccccc43)CC2)C[C@@H]1NC(=O)CNC(=O)c1cccc(C(F)(F)F)c1. The maximum absolute atomic E-state index is 13.0. The number of carbonyl (C=O) groups excluding carboxylic acids is 2. The van der Waals surface area contributed by atoms with E-state index in [1.807, 2.05) is 6.92 Å². The summed E-state index contributed by atoms with van der Waals surface area (Å²) in [7, 11) is 0. The van der Waals surface area contributed by atoms with Crippen LogP contribution in [-0.4, -0.2) is 61.1 Å². The van der Waals surface area contributed by atoms with Gasteiger partial charge < -0.3 is 15.4 Å². The highest BCUT2D eigenvalue weighted by Gasteiger charge is 2.44. The van der Waals surface area contributed by atoms with Crippen LogP contribution in [0.15, 0.2) is 48.5 Å². The van der Waals surface area contributed by atoms with E-state index in [1.165, 1.54) is 42.5 Å². The lowest BCUT2D eigenvalue weighted by Crippen LogP contribution is -2.48. The Bertz CT molecular complexity index is 1190. The van der Waals surface area contributed by atoms with Crippen LogP contribution in [0.25, 0.3) is 0 Å². The molecule has 1 aliphatic heterocycles. The second-order valence-corrected chi connectivity index (χ2v) is 11.1. The Morgan fingerprint density at radius 3 is 2.56 bits per heavy atom. The van der Waals surface area contributed by atoms with E-state index in [4.69, 9.17) is 4.74 Å². The summed E-state index contributed by atoms with van der Waals surface area (Å²) in [5, 5.41) is 5.42. The fraction of sp³-hybridized carbons (Fsp3) is 0.533. The first-order chi connectivity index (χ1) is 18.7. The number of hydrogen-bond acceptors (Lipinski definition) is 4. The quantitative estimate of drug-likeness (QED) is 0.541. The Balaban J connectivity index is 1.14. The van der Waals surface area contributed by atoms with Crippen LogP contribution < -0.4 is 10.6 Å². The van der Waals surface area contributed by atoms with E-state index in [0.717, 1.165) is 37.9 Å². The number of benzene rings is 2. The third-order valence-corrected chi connectivity index (χ3v) is 8.77. The molecule has 210 valence electrons. The summed E-state index contributed by atoms with van der Waals surface area (Å²) in [5.74, 6) is -1.12. The molecule has 1 saturated heterocycles. The van der Waals surface area contributed by atoms with E-state index in [-0.39, 0.29) is 24.3 Å². The number of amides is 2. The van der Waals surface area contributed by atoms with Crippen molar-refractivity contribution in [1.82, 2.24) is 15.5 Å². The maximum Gasteiger partial charge on any atom is 0.416 e. The molecule has 1 spiro atoms. The highest BCUT2D eigenvalue weighted by atomic mass is 19.4. The number of likely N-dealkylation sites (tertiary alicyclic amines) is 1. The highest BCUT2D eigenvalue weighted by molar-refractivity contribution is 5.96. The van der Waals surface area contributed by atoms with Crippen molar-refractivity contribution in [3.05, 3.63) is 70.8 Å². The van der Waals surface area contributed by atoms with Gasteiger partial charge in [-0.25, -0.2) is 0 Å². The van der Waals surface area contributed by atoms with Gasteiger partial charge in [0.2, 0.25) is 5.91 Å². The van der Waals surface area contributed by atoms with Crippen molar-refractivity contribution in [2.75, 3.05) is 26.2 Å². The smallest absolute Gasteiger partial charge is 0.375 e. The van der Waals surface area contributed by atoms with Crippen molar-refractivity contribution < 1.29 is 27.5 Å². The van der Waals surface area contributed by atoms with Crippen LogP contribution in [0.4, 0.5) is 13.2 Å². The zero-order valence-electron chi connectivity index (χ0n) is 22.2. The van der Waals surface area contributed by atoms with Gasteiger partial charge in [-0.2, -0.15) is 13.2 Å². The summed E-state index contributed by atoms with van der Waals surface area (Å²) in [4.78, 5) is 27.5. The number of hydrogen-bond donors (Lipinski definition) is 2. The summed E-state index contributed by atoms with van der Waals surface area (Å²) in [6.45, 7) is 3.55. The van der Waals surface area contributed by atoms with Gasteiger partial charge in [-0.15, -0.1) is 0 Å². The number of aryl methyl sites for hydroxylation is 1. The van der Waals surface area contributed by atoms with Gasteiger partial charge in [-0.3, -0.25) is 14.5 Å². The van der Waals surface area contributed by atoms with Gasteiger partial charge in [0, 0.05) is 31.3 Å². The Morgan fingerprint density at radius 2 is 1.82 bits per heavy atom. The molecule has 2 amide bonds. The molecule has 5 rings (SSSR count). The Morgan fingerprint density at radius 1 is 1.05 bits per heavy atom. The third kappa shape index (κ3) is 5.99. The Labute approximate surface area is 227 Å². The molecule has 2 aromatic rings. The summed E-state index contributed by atoms with van der Waals surface area (Å²) in [6, 6.07) is 13.2. The second-order valence-electron chi connectivity index (χ2n) is 11.1. The first-order valence-corrected chi connectivity index (χ1v) is 13.9. The lowest BCUT2D eigenvalue weighted by Gasteiger charge is -2.41. The number of rotatable bonds is 7. The minimum atomic E-state index is -4.54. The molecule has 2 aliphatic carbocycles. The summed E-state index contributed by atoms with van der Waals surface area (Å²) in [5.41, 5.74) is 2.29. The van der Waals surface area contributed by atoms with Gasteiger partial charge in [0.15, 0.2) is 0 Å². The monoisotopic (exact) mass is 543 g/mol. The number of halogens is 3. The van der Waals surface area contributed by atoms with Crippen LogP contribution >= 0.6 is 0 Å². The molecule has 2 N–H and O–H groups in total. The molecule has 1 saturated carbocycles. The number of fused-ring (bicyclic) bond motifs is 2. The maximum atomic E-state index is 13.0. The van der Waals surface area contributed by atoms with Crippen LogP contribution in [0.1, 0.15) is 66.1 Å². The van der Waals surface area contributed by atoms with Crippen molar-refractivity contribution in [3.8, 4) is 0 Å². The Hall–Kier alpha value is -2.91. The van der Waals surface area contributed by atoms with Gasteiger partial charge >= 0.3 is 6.18 Å². The van der Waals surface area contributed by atoms with Crippen molar-refractivity contribution in [2.24, 2.45) is 0 Å². The number of nitrogens with zero attached hydrogens (tertiary/aromatic N) is 1. The molecule has 0 unspecified atom stereocenters. The molecule has 9 heteroatoms. The number of nitrogens with one attached hydrogen (secondary N) is 2. The van der Waals surface area contributed by atoms with Crippen LogP contribution in [-0.2, 0) is 27.5 Å². The molecule has 2 aromatic carbocycles. The second kappa shape index (κ2) is 11.3. The summed E-state index contributed by atoms with van der Waals surface area (Å²) < 4.78 is 44.9. The van der Waals surface area contributed by atoms with Crippen LogP contribution in [0.2, 0.25) is 0 Å². The average Bonchev–Trinajstić information content (AvgIpc) is 3.49. The van der Waals surface area contributed by atoms with Crippen molar-refractivity contribution >= 4 is 11.8 Å².